The maximum Gasteiger partial charge on any atom is 0.243 e. The second-order valence-corrected chi connectivity index (χ2v) is 4.91. The molecular formula is C11H21N7O. The molecule has 0 aliphatic carbocycles. The first kappa shape index (κ1) is 13.8. The third-order valence-electron chi connectivity index (χ3n) is 3.11. The van der Waals surface area contributed by atoms with Gasteiger partial charge in [0.05, 0.1) is 6.61 Å². The Kier molecular flexibility index (Phi) is 4.33. The maximum absolute atomic E-state index is 5.42. The number of anilines is 3. The molecule has 4 N–H and O–H groups in total. The summed E-state index contributed by atoms with van der Waals surface area (Å²) in [4.78, 5) is 14.6. The van der Waals surface area contributed by atoms with Crippen LogP contribution in [-0.4, -0.2) is 48.3 Å². The second kappa shape index (κ2) is 5.98. The Morgan fingerprint density at radius 2 is 2.00 bits per heavy atom. The van der Waals surface area contributed by atoms with Gasteiger partial charge in [0.25, 0.3) is 0 Å². The summed E-state index contributed by atoms with van der Waals surface area (Å²) in [6, 6.07) is 0.303. The van der Waals surface area contributed by atoms with Crippen molar-refractivity contribution >= 4 is 17.8 Å². The zero-order valence-electron chi connectivity index (χ0n) is 11.6. The predicted octanol–water partition coefficient (Wildman–Crippen LogP) is 0.0601. The van der Waals surface area contributed by atoms with E-state index in [-0.39, 0.29) is 0 Å². The van der Waals surface area contributed by atoms with Crippen LogP contribution in [0, 0.1) is 5.92 Å². The number of hydrogen-bond acceptors (Lipinski definition) is 8. The Morgan fingerprint density at radius 3 is 2.63 bits per heavy atom. The minimum absolute atomic E-state index is 0.303. The van der Waals surface area contributed by atoms with Crippen LogP contribution in [0.2, 0.25) is 0 Å². The maximum atomic E-state index is 5.42. The molecule has 1 aliphatic rings. The largest absolute Gasteiger partial charge is 0.381 e. The normalized spacial score (nSPS) is 22.9. The summed E-state index contributed by atoms with van der Waals surface area (Å²) >= 11 is 0. The lowest BCUT2D eigenvalue weighted by Gasteiger charge is -2.29. The zero-order valence-corrected chi connectivity index (χ0v) is 11.6. The molecule has 106 valence electrons. The molecular weight excluding hydrogens is 246 g/mol. The second-order valence-electron chi connectivity index (χ2n) is 4.91. The van der Waals surface area contributed by atoms with Crippen LogP contribution in [0.4, 0.5) is 17.8 Å². The number of rotatable bonds is 4. The van der Waals surface area contributed by atoms with Gasteiger partial charge in [0.1, 0.15) is 0 Å². The van der Waals surface area contributed by atoms with Gasteiger partial charge in [-0.15, -0.1) is 0 Å². The topological polar surface area (TPSA) is 101 Å². The number of nitrogens with one attached hydrogen (secondary N) is 2. The third-order valence-corrected chi connectivity index (χ3v) is 3.11. The quantitative estimate of drug-likeness (QED) is 0.520. The SMILES string of the molecule is CC1COCCC1Nc1nc(NN)nc(N(C)C)n1. The highest BCUT2D eigenvalue weighted by Gasteiger charge is 2.23. The summed E-state index contributed by atoms with van der Waals surface area (Å²) in [5.41, 5.74) is 2.46. The van der Waals surface area contributed by atoms with Crippen LogP contribution >= 0.6 is 0 Å². The van der Waals surface area contributed by atoms with Gasteiger partial charge >= 0.3 is 0 Å². The van der Waals surface area contributed by atoms with Gasteiger partial charge in [0.15, 0.2) is 0 Å². The van der Waals surface area contributed by atoms with Crippen molar-refractivity contribution in [3.05, 3.63) is 0 Å². The molecule has 1 aromatic rings. The summed E-state index contributed by atoms with van der Waals surface area (Å²) < 4.78 is 5.42. The average Bonchev–Trinajstić information content (AvgIpc) is 2.41. The molecule has 0 spiro atoms. The fraction of sp³-hybridized carbons (Fsp3) is 0.727. The lowest BCUT2D eigenvalue weighted by atomic mass is 9.98. The molecule has 8 nitrogen and oxygen atoms in total. The number of nitrogens with two attached hydrogens (primary N) is 1. The van der Waals surface area contributed by atoms with Crippen LogP contribution in [0.5, 0.6) is 0 Å². The number of hydrazine groups is 1. The summed E-state index contributed by atoms with van der Waals surface area (Å²) in [5.74, 6) is 7.24. The lowest BCUT2D eigenvalue weighted by Crippen LogP contribution is -2.36. The molecule has 2 unspecified atom stereocenters. The van der Waals surface area contributed by atoms with Crippen molar-refractivity contribution in [3.63, 3.8) is 0 Å². The van der Waals surface area contributed by atoms with E-state index in [0.717, 1.165) is 19.6 Å². The third kappa shape index (κ3) is 3.42. The number of nitrogens with zero attached hydrogens (tertiary/aromatic N) is 4. The van der Waals surface area contributed by atoms with E-state index >= 15 is 0 Å². The van der Waals surface area contributed by atoms with E-state index < -0.39 is 0 Å². The van der Waals surface area contributed by atoms with Crippen molar-refractivity contribution in [1.29, 1.82) is 0 Å². The van der Waals surface area contributed by atoms with Crippen LogP contribution in [0.25, 0.3) is 0 Å². The van der Waals surface area contributed by atoms with Crippen LogP contribution in [0.3, 0.4) is 0 Å². The Labute approximate surface area is 112 Å². The fourth-order valence-electron chi connectivity index (χ4n) is 1.95. The van der Waals surface area contributed by atoms with Crippen molar-refractivity contribution in [3.8, 4) is 0 Å². The summed E-state index contributed by atoms with van der Waals surface area (Å²) in [5, 5.41) is 3.34. The lowest BCUT2D eigenvalue weighted by molar-refractivity contribution is 0.0536. The van der Waals surface area contributed by atoms with Crippen molar-refractivity contribution < 1.29 is 4.74 Å². The van der Waals surface area contributed by atoms with Crippen LogP contribution in [0.15, 0.2) is 0 Å². The molecule has 1 fully saturated rings. The van der Waals surface area contributed by atoms with Crippen molar-refractivity contribution in [2.45, 2.75) is 19.4 Å². The molecule has 0 amide bonds. The van der Waals surface area contributed by atoms with E-state index in [2.05, 4.69) is 32.6 Å². The van der Waals surface area contributed by atoms with Gasteiger partial charge < -0.3 is 15.0 Å². The van der Waals surface area contributed by atoms with Gasteiger partial charge in [-0.25, -0.2) is 5.84 Å². The Morgan fingerprint density at radius 1 is 1.26 bits per heavy atom. The number of aromatic nitrogens is 3. The minimum Gasteiger partial charge on any atom is -0.381 e. The van der Waals surface area contributed by atoms with E-state index in [1.54, 1.807) is 4.90 Å². The van der Waals surface area contributed by atoms with Crippen LogP contribution < -0.4 is 21.5 Å². The first-order chi connectivity index (χ1) is 9.10. The summed E-state index contributed by atoms with van der Waals surface area (Å²) in [6.07, 6.45) is 0.940. The Balaban J connectivity index is 2.16. The van der Waals surface area contributed by atoms with E-state index in [1.165, 1.54) is 0 Å². The van der Waals surface area contributed by atoms with Gasteiger partial charge in [0, 0.05) is 26.7 Å². The first-order valence-corrected chi connectivity index (χ1v) is 6.34. The molecule has 1 aliphatic heterocycles. The Bertz CT molecular complexity index is 426. The van der Waals surface area contributed by atoms with Gasteiger partial charge in [-0.3, -0.25) is 5.43 Å². The predicted molar refractivity (Wildman–Crippen MR) is 74.0 cm³/mol. The molecule has 2 atom stereocenters. The van der Waals surface area contributed by atoms with Crippen molar-refractivity contribution in [2.24, 2.45) is 11.8 Å². The number of hydrogen-bond donors (Lipinski definition) is 3. The summed E-state index contributed by atoms with van der Waals surface area (Å²) in [7, 11) is 3.74. The summed E-state index contributed by atoms with van der Waals surface area (Å²) in [6.45, 7) is 3.66. The molecule has 0 radical (unpaired) electrons. The number of ether oxygens (including phenoxy) is 1. The van der Waals surface area contributed by atoms with Gasteiger partial charge in [0.2, 0.25) is 17.8 Å². The van der Waals surface area contributed by atoms with E-state index in [1.807, 2.05) is 14.1 Å². The molecule has 0 aromatic carbocycles. The molecule has 1 aromatic heterocycles. The molecule has 8 heteroatoms. The minimum atomic E-state index is 0.303. The van der Waals surface area contributed by atoms with Gasteiger partial charge in [-0.05, 0) is 12.3 Å². The molecule has 2 rings (SSSR count). The van der Waals surface area contributed by atoms with Gasteiger partial charge in [-0.2, -0.15) is 15.0 Å². The highest BCUT2D eigenvalue weighted by Crippen LogP contribution is 2.19. The van der Waals surface area contributed by atoms with E-state index in [9.17, 15) is 0 Å². The van der Waals surface area contributed by atoms with Crippen molar-refractivity contribution in [2.75, 3.05) is 43.0 Å². The standard InChI is InChI=1S/C11H21N7O/c1-7-6-19-5-4-8(7)13-9-14-10(17-12)16-11(15-9)18(2)3/h7-8H,4-6,12H2,1-3H3,(H2,13,14,15,16,17). The van der Waals surface area contributed by atoms with Crippen LogP contribution in [0.1, 0.15) is 13.3 Å². The Hall–Kier alpha value is -1.67. The number of nitrogen functional groups attached to an aromatic ring is 1. The van der Waals surface area contributed by atoms with E-state index in [0.29, 0.717) is 29.8 Å². The molecule has 1 saturated heterocycles. The highest BCUT2D eigenvalue weighted by molar-refractivity contribution is 5.42. The average molecular weight is 267 g/mol. The molecule has 2 heterocycles. The van der Waals surface area contributed by atoms with Gasteiger partial charge in [-0.1, -0.05) is 6.92 Å². The first-order valence-electron chi connectivity index (χ1n) is 6.34. The highest BCUT2D eigenvalue weighted by atomic mass is 16.5. The van der Waals surface area contributed by atoms with Crippen LogP contribution in [-0.2, 0) is 4.74 Å². The smallest absolute Gasteiger partial charge is 0.243 e. The zero-order chi connectivity index (χ0) is 13.8. The van der Waals surface area contributed by atoms with E-state index in [4.69, 9.17) is 10.6 Å². The molecule has 19 heavy (non-hydrogen) atoms. The van der Waals surface area contributed by atoms with Crippen molar-refractivity contribution in [1.82, 2.24) is 15.0 Å². The fourth-order valence-corrected chi connectivity index (χ4v) is 1.95. The molecule has 0 saturated carbocycles. The molecule has 0 bridgehead atoms. The monoisotopic (exact) mass is 267 g/mol.